The van der Waals surface area contributed by atoms with Crippen molar-refractivity contribution in [3.05, 3.63) is 0 Å². The van der Waals surface area contributed by atoms with Crippen LogP contribution in [-0.4, -0.2) is 18.9 Å². The predicted molar refractivity (Wildman–Crippen MR) is 137 cm³/mol. The van der Waals surface area contributed by atoms with E-state index in [4.69, 9.17) is 9.47 Å². The van der Waals surface area contributed by atoms with Gasteiger partial charge in [0.25, 0.3) is 0 Å². The Morgan fingerprint density at radius 1 is 0.697 bits per heavy atom. The van der Waals surface area contributed by atoms with Gasteiger partial charge in [0.15, 0.2) is 0 Å². The van der Waals surface area contributed by atoms with Crippen molar-refractivity contribution in [2.75, 3.05) is 7.11 Å². The van der Waals surface area contributed by atoms with Gasteiger partial charge >= 0.3 is 6.16 Å². The van der Waals surface area contributed by atoms with Crippen LogP contribution in [-0.2, 0) is 9.47 Å². The van der Waals surface area contributed by atoms with Crippen molar-refractivity contribution in [1.29, 1.82) is 0 Å². The number of rotatable bonds is 11. The van der Waals surface area contributed by atoms with E-state index in [0.717, 1.165) is 48.9 Å². The maximum Gasteiger partial charge on any atom is 0.508 e. The largest absolute Gasteiger partial charge is 0.508 e. The summed E-state index contributed by atoms with van der Waals surface area (Å²) in [5.74, 6) is 4.55. The van der Waals surface area contributed by atoms with Gasteiger partial charge in [0.1, 0.15) is 5.60 Å². The van der Waals surface area contributed by atoms with Gasteiger partial charge in [0, 0.05) is 0 Å². The predicted octanol–water partition coefficient (Wildman–Crippen LogP) is 9.47. The van der Waals surface area contributed by atoms with Gasteiger partial charge in [-0.2, -0.15) is 0 Å². The molecule has 3 nitrogen and oxygen atoms in total. The fourth-order valence-electron chi connectivity index (χ4n) is 7.57. The van der Waals surface area contributed by atoms with Crippen LogP contribution in [0.25, 0.3) is 0 Å². The second kappa shape index (κ2) is 14.0. The number of ether oxygens (including phenoxy) is 2. The summed E-state index contributed by atoms with van der Waals surface area (Å²) in [5, 5.41) is 0. The molecule has 0 unspecified atom stereocenters. The number of carbonyl (C=O) groups is 1. The van der Waals surface area contributed by atoms with Crippen LogP contribution in [0, 0.1) is 29.6 Å². The zero-order valence-electron chi connectivity index (χ0n) is 22.3. The highest BCUT2D eigenvalue weighted by atomic mass is 16.7. The molecule has 0 aromatic heterocycles. The molecule has 0 spiro atoms. The van der Waals surface area contributed by atoms with Gasteiger partial charge in [-0.3, -0.25) is 0 Å². The third-order valence-electron chi connectivity index (χ3n) is 9.85. The van der Waals surface area contributed by atoms with E-state index in [0.29, 0.717) is 0 Å². The average molecular weight is 463 g/mol. The summed E-state index contributed by atoms with van der Waals surface area (Å²) in [6.45, 7) is 4.62. The Kier molecular flexibility index (Phi) is 11.4. The number of methoxy groups -OCH3 is 1. The molecule has 3 aliphatic carbocycles. The molecule has 0 saturated heterocycles. The van der Waals surface area contributed by atoms with Crippen LogP contribution in [0.3, 0.4) is 0 Å². The molecular formula is C30H54O3. The molecule has 33 heavy (non-hydrogen) atoms. The van der Waals surface area contributed by atoms with Crippen LogP contribution in [0.1, 0.15) is 142 Å². The highest BCUT2D eigenvalue weighted by Gasteiger charge is 2.42. The Bertz CT molecular complexity index is 535. The topological polar surface area (TPSA) is 35.5 Å². The smallest absolute Gasteiger partial charge is 0.438 e. The van der Waals surface area contributed by atoms with Crippen molar-refractivity contribution in [3.63, 3.8) is 0 Å². The first kappa shape index (κ1) is 26.9. The van der Waals surface area contributed by atoms with Crippen molar-refractivity contribution in [3.8, 4) is 0 Å². The average Bonchev–Trinajstić information content (AvgIpc) is 2.85. The summed E-state index contributed by atoms with van der Waals surface area (Å²) in [4.78, 5) is 12.1. The van der Waals surface area contributed by atoms with E-state index < -0.39 is 6.16 Å². The number of hydrogen-bond acceptors (Lipinski definition) is 3. The molecule has 0 bridgehead atoms. The first-order chi connectivity index (χ1) is 16.1. The van der Waals surface area contributed by atoms with E-state index in [1.54, 1.807) is 0 Å². The minimum atomic E-state index is -0.465. The van der Waals surface area contributed by atoms with Gasteiger partial charge in [0.2, 0.25) is 0 Å². The molecule has 192 valence electrons. The zero-order valence-corrected chi connectivity index (χ0v) is 22.3. The van der Waals surface area contributed by atoms with Gasteiger partial charge in [-0.05, 0) is 81.0 Å². The van der Waals surface area contributed by atoms with Crippen LogP contribution in [0.5, 0.6) is 0 Å². The molecule has 3 heteroatoms. The summed E-state index contributed by atoms with van der Waals surface area (Å²) in [6.07, 6.45) is 26.1. The lowest BCUT2D eigenvalue weighted by atomic mass is 9.66. The Morgan fingerprint density at radius 2 is 1.24 bits per heavy atom. The van der Waals surface area contributed by atoms with Gasteiger partial charge in [-0.1, -0.05) is 90.9 Å². The van der Waals surface area contributed by atoms with Crippen molar-refractivity contribution in [1.82, 2.24) is 0 Å². The minimum Gasteiger partial charge on any atom is -0.438 e. The fraction of sp³-hybridized carbons (Fsp3) is 0.967. The Balaban J connectivity index is 1.45. The summed E-state index contributed by atoms with van der Waals surface area (Å²) in [6, 6.07) is 0. The van der Waals surface area contributed by atoms with E-state index in [1.807, 2.05) is 0 Å². The molecule has 0 radical (unpaired) electrons. The number of hydrogen-bond donors (Lipinski definition) is 0. The second-order valence-electron chi connectivity index (χ2n) is 12.1. The van der Waals surface area contributed by atoms with Crippen molar-refractivity contribution in [2.24, 2.45) is 29.6 Å². The van der Waals surface area contributed by atoms with Crippen molar-refractivity contribution in [2.45, 2.75) is 148 Å². The van der Waals surface area contributed by atoms with E-state index in [9.17, 15) is 4.79 Å². The van der Waals surface area contributed by atoms with Gasteiger partial charge in [-0.15, -0.1) is 0 Å². The molecule has 0 aromatic rings. The van der Waals surface area contributed by atoms with Crippen LogP contribution in [0.15, 0.2) is 0 Å². The molecule has 0 atom stereocenters. The molecule has 3 rings (SSSR count). The maximum absolute atomic E-state index is 12.1. The molecule has 3 aliphatic rings. The molecule has 3 saturated carbocycles. The van der Waals surface area contributed by atoms with Crippen LogP contribution in [0.2, 0.25) is 0 Å². The highest BCUT2D eigenvalue weighted by molar-refractivity contribution is 5.60. The molecule has 0 amide bonds. The van der Waals surface area contributed by atoms with Crippen LogP contribution in [0.4, 0.5) is 4.79 Å². The molecule has 3 fully saturated rings. The second-order valence-corrected chi connectivity index (χ2v) is 12.1. The first-order valence-electron chi connectivity index (χ1n) is 14.8. The standard InChI is InChI=1S/C30H54O3/c1-4-6-7-9-25-14-16-27(17-15-25)28-19-22-30(23-20-28,33-29(31)32-3)21-18-26-12-10-24(8-5-2)11-13-26/h24-28H,4-23H2,1-3H3/t24-,25?,26-,27?,28?,30?. The quantitative estimate of drug-likeness (QED) is 0.226. The summed E-state index contributed by atoms with van der Waals surface area (Å²) >= 11 is 0. The number of unbranched alkanes of at least 4 members (excludes halogenated alkanes) is 2. The van der Waals surface area contributed by atoms with Gasteiger partial charge < -0.3 is 9.47 Å². The van der Waals surface area contributed by atoms with Crippen molar-refractivity contribution < 1.29 is 14.3 Å². The Hall–Kier alpha value is -0.730. The van der Waals surface area contributed by atoms with Crippen molar-refractivity contribution >= 4 is 6.16 Å². The van der Waals surface area contributed by atoms with Gasteiger partial charge in [0.05, 0.1) is 7.11 Å². The molecule has 0 heterocycles. The van der Waals surface area contributed by atoms with Gasteiger partial charge in [-0.25, -0.2) is 4.79 Å². The molecule has 0 aliphatic heterocycles. The van der Waals surface area contributed by atoms with E-state index in [-0.39, 0.29) is 5.60 Å². The summed E-state index contributed by atoms with van der Waals surface area (Å²) < 4.78 is 11.0. The Morgan fingerprint density at radius 3 is 1.82 bits per heavy atom. The summed E-state index contributed by atoms with van der Waals surface area (Å²) in [7, 11) is 1.45. The maximum atomic E-state index is 12.1. The number of carbonyl (C=O) groups excluding carboxylic acids is 1. The summed E-state index contributed by atoms with van der Waals surface area (Å²) in [5.41, 5.74) is -0.263. The van der Waals surface area contributed by atoms with E-state index in [2.05, 4.69) is 13.8 Å². The lowest BCUT2D eigenvalue weighted by Crippen LogP contribution is -2.41. The lowest BCUT2D eigenvalue weighted by Gasteiger charge is -2.43. The highest BCUT2D eigenvalue weighted by Crippen LogP contribution is 2.47. The van der Waals surface area contributed by atoms with Crippen LogP contribution < -0.4 is 0 Å². The first-order valence-corrected chi connectivity index (χ1v) is 14.8. The molecule has 0 aromatic carbocycles. The Labute approximate surface area is 205 Å². The fourth-order valence-corrected chi connectivity index (χ4v) is 7.57. The minimum absolute atomic E-state index is 0.263. The molecular weight excluding hydrogens is 408 g/mol. The van der Waals surface area contributed by atoms with Crippen LogP contribution >= 0.6 is 0 Å². The monoisotopic (exact) mass is 462 g/mol. The third-order valence-corrected chi connectivity index (χ3v) is 9.85. The SMILES string of the molecule is CCCCCC1CCC(C2CCC(CC[C@H]3CC[C@H](CCC)CC3)(OC(=O)OC)CC2)CC1. The molecule has 0 N–H and O–H groups in total. The lowest BCUT2D eigenvalue weighted by molar-refractivity contribution is -0.0701. The zero-order chi connectivity index (χ0) is 23.5. The normalized spacial score (nSPS) is 35.2. The van der Waals surface area contributed by atoms with E-state index >= 15 is 0 Å². The third kappa shape index (κ3) is 8.46. The van der Waals surface area contributed by atoms with E-state index in [1.165, 1.54) is 116 Å².